The third kappa shape index (κ3) is 7.13. The molecule has 1 amide bonds. The molecule has 2 aliphatic heterocycles. The molecule has 1 spiro atoms. The van der Waals surface area contributed by atoms with Crippen LogP contribution in [-0.2, 0) is 26.3 Å². The number of anilines is 1. The van der Waals surface area contributed by atoms with Crippen LogP contribution in [0.25, 0.3) is 0 Å². The first kappa shape index (κ1) is 35.5. The number of amides is 1. The number of halogens is 1. The molecule has 6 rings (SSSR count). The number of fused-ring (bicyclic) bond motifs is 4. The average Bonchev–Trinajstić information content (AvgIpc) is 3.17. The first-order chi connectivity index (χ1) is 22.8. The maximum atomic E-state index is 13.9. The summed E-state index contributed by atoms with van der Waals surface area (Å²) in [5.41, 5.74) is 2.77. The highest BCUT2D eigenvalue weighted by Gasteiger charge is 2.49. The van der Waals surface area contributed by atoms with Crippen LogP contribution in [0, 0.1) is 17.8 Å². The number of rotatable bonds is 5. The van der Waals surface area contributed by atoms with Gasteiger partial charge in [-0.05, 0) is 124 Å². The first-order valence-electron chi connectivity index (χ1n) is 17.7. The number of hydrogen-bond donors (Lipinski definition) is 2. The monoisotopic (exact) mass is 699 g/mol. The summed E-state index contributed by atoms with van der Waals surface area (Å²) in [4.78, 5) is 18.3. The third-order valence-corrected chi connectivity index (χ3v) is 14.5. The van der Waals surface area contributed by atoms with Crippen molar-refractivity contribution < 1.29 is 23.6 Å². The minimum Gasteiger partial charge on any atom is -0.490 e. The Bertz CT molecular complexity index is 1600. The molecule has 1 unspecified atom stereocenters. The standard InChI is InChI=1S/C38H54ClN3O5S/c1-26-8-6-17-38(44,24-41(3)18-19-46-4)33-13-10-30(33)22-42-23-37(16-7-9-28-20-31(39)12-14-32(28)37)25-47-35-15-11-29(21-34(35)42)36(43)40-48(5,45)27(26)2/h11-12,14-15,20-21,26-27,30,33,44H,5-10,13,16-19,22-25H2,1-4H3,(H,40,43,45)/t26-,27+,30-,33+,37-,38+,48?/m0/s1. The molecule has 0 radical (unpaired) electrons. The SMILES string of the molecule is C=S1(=O)NC(=O)c2ccc3c(c2)N(C[C@@H]2CC[C@H]2[C@](O)(CN(C)CCOC)CCC[C@H](C)[C@H]1C)C[C@@]1(CCCc2cc(Cl)ccc21)CO3. The van der Waals surface area contributed by atoms with E-state index in [4.69, 9.17) is 21.1 Å². The van der Waals surface area contributed by atoms with Gasteiger partial charge in [0.05, 0.1) is 34.2 Å². The van der Waals surface area contributed by atoms with E-state index in [1.165, 1.54) is 11.1 Å². The molecule has 2 N–H and O–H groups in total. The maximum Gasteiger partial charge on any atom is 0.262 e. The number of hydrogen-bond acceptors (Lipinski definition) is 7. The van der Waals surface area contributed by atoms with Gasteiger partial charge in [0.25, 0.3) is 5.91 Å². The van der Waals surface area contributed by atoms with Gasteiger partial charge in [0.2, 0.25) is 0 Å². The Morgan fingerprint density at radius 2 is 1.98 bits per heavy atom. The Morgan fingerprint density at radius 3 is 2.73 bits per heavy atom. The molecular formula is C38H54ClN3O5S. The van der Waals surface area contributed by atoms with Crippen LogP contribution >= 0.6 is 11.6 Å². The van der Waals surface area contributed by atoms with E-state index in [1.807, 2.05) is 25.1 Å². The summed E-state index contributed by atoms with van der Waals surface area (Å²) in [5.74, 6) is 4.85. The van der Waals surface area contributed by atoms with Crippen LogP contribution in [0.3, 0.4) is 0 Å². The Labute approximate surface area is 292 Å². The highest BCUT2D eigenvalue weighted by atomic mass is 35.5. The van der Waals surface area contributed by atoms with Crippen molar-refractivity contribution in [1.82, 2.24) is 9.62 Å². The number of ether oxygens (including phenoxy) is 2. The number of nitrogens with zero attached hydrogens (tertiary/aromatic N) is 2. The molecule has 48 heavy (non-hydrogen) atoms. The predicted octanol–water partition coefficient (Wildman–Crippen LogP) is 5.72. The molecule has 2 aromatic rings. The third-order valence-electron chi connectivity index (χ3n) is 12.0. The molecule has 1 saturated carbocycles. The molecule has 0 saturated heterocycles. The molecule has 0 aromatic heterocycles. The van der Waals surface area contributed by atoms with E-state index in [2.05, 4.69) is 46.5 Å². The van der Waals surface area contributed by atoms with Gasteiger partial charge in [-0.3, -0.25) is 9.52 Å². The van der Waals surface area contributed by atoms with E-state index >= 15 is 0 Å². The Balaban J connectivity index is 1.41. The fourth-order valence-electron chi connectivity index (χ4n) is 8.86. The van der Waals surface area contributed by atoms with Gasteiger partial charge in [-0.2, -0.15) is 0 Å². The lowest BCUT2D eigenvalue weighted by molar-refractivity contribution is -0.104. The second-order valence-corrected chi connectivity index (χ2v) is 18.1. The van der Waals surface area contributed by atoms with Crippen LogP contribution in [0.1, 0.15) is 80.3 Å². The van der Waals surface area contributed by atoms with Crippen molar-refractivity contribution in [2.75, 3.05) is 58.5 Å². The van der Waals surface area contributed by atoms with Crippen LogP contribution in [0.5, 0.6) is 5.75 Å². The summed E-state index contributed by atoms with van der Waals surface area (Å²) in [6.45, 7) is 7.93. The molecule has 2 heterocycles. The summed E-state index contributed by atoms with van der Waals surface area (Å²) < 4.78 is 28.7. The van der Waals surface area contributed by atoms with E-state index in [9.17, 15) is 14.1 Å². The molecular weight excluding hydrogens is 646 g/mol. The number of benzene rings is 2. The lowest BCUT2D eigenvalue weighted by Gasteiger charge is -2.51. The van der Waals surface area contributed by atoms with Gasteiger partial charge in [0, 0.05) is 54.5 Å². The largest absolute Gasteiger partial charge is 0.490 e. The first-order valence-corrected chi connectivity index (χ1v) is 19.9. The van der Waals surface area contributed by atoms with E-state index in [0.29, 0.717) is 31.7 Å². The van der Waals surface area contributed by atoms with E-state index in [1.54, 1.807) is 13.2 Å². The maximum absolute atomic E-state index is 13.9. The van der Waals surface area contributed by atoms with Crippen molar-refractivity contribution in [1.29, 1.82) is 0 Å². The zero-order valence-electron chi connectivity index (χ0n) is 29.1. The topological polar surface area (TPSA) is 91.3 Å². The highest BCUT2D eigenvalue weighted by molar-refractivity contribution is 7.99. The van der Waals surface area contributed by atoms with Crippen molar-refractivity contribution in [3.63, 3.8) is 0 Å². The Hall–Kier alpha value is -2.30. The summed E-state index contributed by atoms with van der Waals surface area (Å²) >= 11 is 6.47. The minimum absolute atomic E-state index is 0.0521. The summed E-state index contributed by atoms with van der Waals surface area (Å²) in [5, 5.41) is 13.0. The predicted molar refractivity (Wildman–Crippen MR) is 196 cm³/mol. The molecule has 10 heteroatoms. The van der Waals surface area contributed by atoms with Crippen LogP contribution < -0.4 is 14.4 Å². The second kappa shape index (κ2) is 14.1. The van der Waals surface area contributed by atoms with Crippen LogP contribution in [0.15, 0.2) is 36.4 Å². The summed E-state index contributed by atoms with van der Waals surface area (Å²) in [6, 6.07) is 11.8. The van der Waals surface area contributed by atoms with Gasteiger partial charge >= 0.3 is 0 Å². The summed E-state index contributed by atoms with van der Waals surface area (Å²) in [7, 11) is 0.833. The van der Waals surface area contributed by atoms with Crippen LogP contribution in [0.4, 0.5) is 5.69 Å². The number of likely N-dealkylation sites (N-methyl/N-ethyl adjacent to an activating group) is 1. The van der Waals surface area contributed by atoms with Gasteiger partial charge < -0.3 is 24.4 Å². The molecule has 2 aliphatic carbocycles. The van der Waals surface area contributed by atoms with Gasteiger partial charge in [-0.25, -0.2) is 4.21 Å². The fraction of sp³-hybridized carbons (Fsp3) is 0.632. The van der Waals surface area contributed by atoms with E-state index in [0.717, 1.165) is 81.0 Å². The van der Waals surface area contributed by atoms with Crippen LogP contribution in [-0.4, -0.2) is 90.4 Å². The number of methoxy groups -OCH3 is 1. The molecule has 2 aromatic carbocycles. The molecule has 7 atom stereocenters. The normalized spacial score (nSPS) is 34.0. The van der Waals surface area contributed by atoms with Crippen molar-refractivity contribution in [2.45, 2.75) is 81.5 Å². The average molecular weight is 700 g/mol. The van der Waals surface area contributed by atoms with Gasteiger partial charge in [-0.15, -0.1) is 0 Å². The van der Waals surface area contributed by atoms with E-state index in [-0.39, 0.29) is 34.3 Å². The molecule has 2 bridgehead atoms. The van der Waals surface area contributed by atoms with Crippen molar-refractivity contribution in [2.24, 2.45) is 17.8 Å². The number of aryl methyl sites for hydroxylation is 1. The zero-order chi connectivity index (χ0) is 34.3. The number of aliphatic hydroxyl groups is 1. The molecule has 8 nitrogen and oxygen atoms in total. The van der Waals surface area contributed by atoms with Crippen molar-refractivity contribution >= 4 is 38.8 Å². The van der Waals surface area contributed by atoms with Gasteiger partial charge in [-0.1, -0.05) is 31.0 Å². The fourth-order valence-corrected chi connectivity index (χ4v) is 10.6. The minimum atomic E-state index is -2.94. The lowest BCUT2D eigenvalue weighted by Crippen LogP contribution is -2.56. The lowest BCUT2D eigenvalue weighted by atomic mass is 9.62. The van der Waals surface area contributed by atoms with Gasteiger partial charge in [0.15, 0.2) is 0 Å². The number of carbonyl (C=O) groups excluding carboxylic acids is 1. The van der Waals surface area contributed by atoms with Crippen molar-refractivity contribution in [3.05, 3.63) is 58.1 Å². The zero-order valence-corrected chi connectivity index (χ0v) is 30.7. The number of carbonyl (C=O) groups is 1. The second-order valence-electron chi connectivity index (χ2n) is 15.3. The Kier molecular flexibility index (Phi) is 10.5. The van der Waals surface area contributed by atoms with E-state index < -0.39 is 15.3 Å². The van der Waals surface area contributed by atoms with Crippen LogP contribution in [0.2, 0.25) is 5.02 Å². The quantitative estimate of drug-likeness (QED) is 0.386. The highest BCUT2D eigenvalue weighted by Crippen LogP contribution is 2.49. The molecule has 264 valence electrons. The van der Waals surface area contributed by atoms with Gasteiger partial charge in [0.1, 0.15) is 5.75 Å². The smallest absolute Gasteiger partial charge is 0.262 e. The molecule has 4 aliphatic rings. The Morgan fingerprint density at radius 1 is 1.17 bits per heavy atom. The number of nitrogens with one attached hydrogen (secondary N) is 1. The summed E-state index contributed by atoms with van der Waals surface area (Å²) in [6.07, 6.45) is 7.29. The van der Waals surface area contributed by atoms with Crippen molar-refractivity contribution in [3.8, 4) is 5.75 Å². The molecule has 1 fully saturated rings.